The van der Waals surface area contributed by atoms with Gasteiger partial charge in [-0.3, -0.25) is 14.2 Å². The van der Waals surface area contributed by atoms with Crippen LogP contribution >= 0.6 is 0 Å². The molecule has 1 aliphatic carbocycles. The quantitative estimate of drug-likeness (QED) is 0.284. The first-order chi connectivity index (χ1) is 19.8. The summed E-state index contributed by atoms with van der Waals surface area (Å²) < 4.78 is 31.6. The van der Waals surface area contributed by atoms with Gasteiger partial charge < -0.3 is 10.6 Å². The molecule has 3 heterocycles. The summed E-state index contributed by atoms with van der Waals surface area (Å²) in [5, 5.41) is 0.467. The van der Waals surface area contributed by atoms with Crippen LogP contribution < -0.4 is 11.3 Å². The zero-order valence-electron chi connectivity index (χ0n) is 22.5. The molecule has 6 rings (SSSR count). The highest BCUT2D eigenvalue weighted by Gasteiger charge is 2.27. The summed E-state index contributed by atoms with van der Waals surface area (Å²) in [4.78, 5) is 35.8. The number of amides is 1. The minimum atomic E-state index is -0.619. The van der Waals surface area contributed by atoms with Gasteiger partial charge in [-0.25, -0.2) is 18.7 Å². The normalized spacial score (nSPS) is 16.5. The highest BCUT2D eigenvalue weighted by molar-refractivity contribution is 5.88. The Kier molecular flexibility index (Phi) is 6.62. The van der Waals surface area contributed by atoms with Gasteiger partial charge in [0.05, 0.1) is 28.4 Å². The van der Waals surface area contributed by atoms with Crippen LogP contribution in [0.3, 0.4) is 0 Å². The fraction of sp³-hybridized carbons (Fsp3) is 0.250. The van der Waals surface area contributed by atoms with Gasteiger partial charge in [0.1, 0.15) is 23.8 Å². The number of benzene rings is 2. The number of nitrogen functional groups attached to an aromatic ring is 1. The maximum atomic E-state index is 15.2. The van der Waals surface area contributed by atoms with Crippen LogP contribution in [0.15, 0.2) is 60.3 Å². The van der Waals surface area contributed by atoms with Crippen LogP contribution in [0.4, 0.5) is 14.6 Å². The average Bonchev–Trinajstić information content (AvgIpc) is 3.71. The van der Waals surface area contributed by atoms with Crippen molar-refractivity contribution in [3.8, 4) is 28.8 Å². The lowest BCUT2D eigenvalue weighted by molar-refractivity contribution is -0.125. The third-order valence-electron chi connectivity index (χ3n) is 7.84. The molecule has 7 nitrogen and oxygen atoms in total. The van der Waals surface area contributed by atoms with Crippen molar-refractivity contribution in [2.75, 3.05) is 12.3 Å². The Bertz CT molecular complexity index is 1870. The number of nitrogens with two attached hydrogens (primary N) is 1. The molecule has 0 bridgehead atoms. The number of anilines is 1. The number of carbonyl (C=O) groups is 1. The number of aromatic nitrogens is 3. The molecule has 0 unspecified atom stereocenters. The average molecular weight is 552 g/mol. The topological polar surface area (TPSA) is 94.1 Å². The maximum Gasteiger partial charge on any atom is 0.265 e. The van der Waals surface area contributed by atoms with Crippen molar-refractivity contribution in [3.05, 3.63) is 94.2 Å². The predicted molar refractivity (Wildman–Crippen MR) is 153 cm³/mol. The Labute approximate surface area is 235 Å². The van der Waals surface area contributed by atoms with E-state index >= 15 is 8.78 Å². The second-order valence-electron chi connectivity index (χ2n) is 10.5. The number of hydrogen-bond donors (Lipinski definition) is 1. The van der Waals surface area contributed by atoms with E-state index in [2.05, 4.69) is 28.4 Å². The Morgan fingerprint density at radius 2 is 1.98 bits per heavy atom. The van der Waals surface area contributed by atoms with Crippen LogP contribution in [0, 0.1) is 30.4 Å². The number of pyridine rings is 1. The van der Waals surface area contributed by atoms with E-state index in [0.717, 1.165) is 24.8 Å². The molecule has 41 heavy (non-hydrogen) atoms. The van der Waals surface area contributed by atoms with E-state index in [1.807, 2.05) is 6.07 Å². The van der Waals surface area contributed by atoms with Gasteiger partial charge >= 0.3 is 0 Å². The number of halogens is 2. The number of carbonyl (C=O) groups excluding carboxylic acids is 1. The largest absolute Gasteiger partial charge is 0.383 e. The molecule has 2 fully saturated rings. The van der Waals surface area contributed by atoms with Gasteiger partial charge in [-0.1, -0.05) is 24.5 Å². The molecule has 1 saturated carbocycles. The summed E-state index contributed by atoms with van der Waals surface area (Å²) in [6.07, 6.45) is 7.59. The summed E-state index contributed by atoms with van der Waals surface area (Å²) >= 11 is 0. The number of likely N-dealkylation sites (tertiary alicyclic amines) is 1. The first-order valence-electron chi connectivity index (χ1n) is 13.5. The Morgan fingerprint density at radius 1 is 1.17 bits per heavy atom. The predicted octanol–water partition coefficient (Wildman–Crippen LogP) is 5.02. The third-order valence-corrected chi connectivity index (χ3v) is 7.84. The van der Waals surface area contributed by atoms with Gasteiger partial charge in [0.15, 0.2) is 0 Å². The lowest BCUT2D eigenvalue weighted by Gasteiger charge is -2.18. The van der Waals surface area contributed by atoms with E-state index in [4.69, 9.17) is 5.73 Å². The van der Waals surface area contributed by atoms with Crippen molar-refractivity contribution in [2.45, 2.75) is 44.6 Å². The van der Waals surface area contributed by atoms with E-state index in [-0.39, 0.29) is 40.1 Å². The second kappa shape index (κ2) is 10.3. The third kappa shape index (κ3) is 4.76. The molecule has 1 aliphatic heterocycles. The molecular formula is C32H27F2N5O2. The Balaban J connectivity index is 1.47. The molecule has 0 radical (unpaired) electrons. The summed E-state index contributed by atoms with van der Waals surface area (Å²) in [7, 11) is 0. The maximum absolute atomic E-state index is 15.2. The lowest BCUT2D eigenvalue weighted by Crippen LogP contribution is -2.33. The number of nitrogens with zero attached hydrogens (tertiary/aromatic N) is 4. The smallest absolute Gasteiger partial charge is 0.265 e. The van der Waals surface area contributed by atoms with Crippen molar-refractivity contribution in [2.24, 2.45) is 0 Å². The van der Waals surface area contributed by atoms with Gasteiger partial charge in [-0.15, -0.1) is 0 Å². The van der Waals surface area contributed by atoms with E-state index in [1.165, 1.54) is 41.4 Å². The van der Waals surface area contributed by atoms with Crippen LogP contribution in [0.25, 0.3) is 27.7 Å². The summed E-state index contributed by atoms with van der Waals surface area (Å²) in [5.41, 5.74) is 8.21. The monoisotopic (exact) mass is 551 g/mol. The van der Waals surface area contributed by atoms with Crippen LogP contribution in [0.5, 0.6) is 0 Å². The van der Waals surface area contributed by atoms with Crippen molar-refractivity contribution in [1.82, 2.24) is 19.4 Å². The molecule has 0 spiro atoms. The number of rotatable bonds is 4. The second-order valence-corrected chi connectivity index (χ2v) is 10.5. The molecular weight excluding hydrogens is 524 g/mol. The van der Waals surface area contributed by atoms with Crippen LogP contribution in [0.1, 0.15) is 48.3 Å². The van der Waals surface area contributed by atoms with Gasteiger partial charge in [0.2, 0.25) is 5.91 Å². The molecule has 2 aromatic heterocycles. The van der Waals surface area contributed by atoms with Crippen LogP contribution in [-0.4, -0.2) is 37.9 Å². The standard InChI is InChI=1S/C32H27F2N5O2/c1-3-28(40)38-11-4-5-23(38)8-9-24-30(36-17-37-31(24)35)25-15-22(33)16-27(18(25)2)39-12-10-20-13-21(19-6-7-19)14-26(34)29(20)32(39)41/h3,10,12-17,19,23H,1,4-7,11H2,2H3,(H2,35,36,37)/t23-/m1/s1. The minimum absolute atomic E-state index is 0.0462. The molecule has 1 saturated heterocycles. The van der Waals surface area contributed by atoms with Gasteiger partial charge in [0, 0.05) is 18.3 Å². The zero-order valence-corrected chi connectivity index (χ0v) is 22.5. The molecule has 9 heteroatoms. The highest BCUT2D eigenvalue weighted by Crippen LogP contribution is 2.41. The number of hydrogen-bond acceptors (Lipinski definition) is 5. The van der Waals surface area contributed by atoms with Crippen molar-refractivity contribution >= 4 is 22.5 Å². The van der Waals surface area contributed by atoms with Crippen LogP contribution in [0.2, 0.25) is 0 Å². The van der Waals surface area contributed by atoms with Crippen molar-refractivity contribution in [3.63, 3.8) is 0 Å². The van der Waals surface area contributed by atoms with Crippen molar-refractivity contribution < 1.29 is 13.6 Å². The first kappa shape index (κ1) is 26.4. The lowest BCUT2D eigenvalue weighted by atomic mass is 9.99. The minimum Gasteiger partial charge on any atom is -0.383 e. The van der Waals surface area contributed by atoms with E-state index in [1.54, 1.807) is 17.9 Å². The van der Waals surface area contributed by atoms with E-state index in [0.29, 0.717) is 35.4 Å². The Hall–Kier alpha value is -4.84. The summed E-state index contributed by atoms with van der Waals surface area (Å²) in [5.74, 6) is 5.16. The summed E-state index contributed by atoms with van der Waals surface area (Å²) in [6, 6.07) is 7.16. The molecule has 1 atom stereocenters. The Morgan fingerprint density at radius 3 is 2.73 bits per heavy atom. The first-order valence-corrected chi connectivity index (χ1v) is 13.5. The van der Waals surface area contributed by atoms with Crippen molar-refractivity contribution in [1.29, 1.82) is 0 Å². The van der Waals surface area contributed by atoms with Gasteiger partial charge in [-0.2, -0.15) is 0 Å². The van der Waals surface area contributed by atoms with Crippen LogP contribution in [-0.2, 0) is 4.79 Å². The fourth-order valence-corrected chi connectivity index (χ4v) is 5.53. The number of fused-ring (bicyclic) bond motifs is 1. The molecule has 2 aliphatic rings. The molecule has 1 amide bonds. The molecule has 206 valence electrons. The van der Waals surface area contributed by atoms with E-state index in [9.17, 15) is 9.59 Å². The SMILES string of the molecule is C=CC(=O)N1CCC[C@@H]1C#Cc1c(N)ncnc1-c1cc(F)cc(-n2ccc3cc(C4CC4)cc(F)c3c2=O)c1C. The van der Waals surface area contributed by atoms with Gasteiger partial charge in [-0.05, 0) is 85.4 Å². The molecule has 4 aromatic rings. The van der Waals surface area contributed by atoms with E-state index < -0.39 is 17.2 Å². The summed E-state index contributed by atoms with van der Waals surface area (Å²) in [6.45, 7) is 5.86. The molecule has 2 aromatic carbocycles. The van der Waals surface area contributed by atoms with Gasteiger partial charge in [0.25, 0.3) is 5.56 Å². The zero-order chi connectivity index (χ0) is 28.8. The molecule has 2 N–H and O–H groups in total. The fourth-order valence-electron chi connectivity index (χ4n) is 5.53. The highest BCUT2D eigenvalue weighted by atomic mass is 19.1.